The third-order valence-corrected chi connectivity index (χ3v) is 1.74. The molecule has 1 aromatic rings. The highest BCUT2D eigenvalue weighted by Gasteiger charge is 1.97. The van der Waals surface area contributed by atoms with Gasteiger partial charge in [-0.1, -0.05) is 31.1 Å². The minimum Gasteiger partial charge on any atom is -0.358 e. The van der Waals surface area contributed by atoms with E-state index < -0.39 is 0 Å². The molecule has 2 nitrogen and oxygen atoms in total. The highest BCUT2D eigenvalue weighted by Crippen LogP contribution is 2.14. The van der Waals surface area contributed by atoms with Crippen molar-refractivity contribution in [2.75, 3.05) is 0 Å². The van der Waals surface area contributed by atoms with Gasteiger partial charge in [-0.05, 0) is 30.0 Å². The molecule has 13 heavy (non-hydrogen) atoms. The summed E-state index contributed by atoms with van der Waals surface area (Å²) < 4.78 is 0. The van der Waals surface area contributed by atoms with E-state index >= 15 is 0 Å². The number of oxime groups is 1. The SMILES string of the molecule is C=NOc1ccc(CC(C)C)cc1. The van der Waals surface area contributed by atoms with Crippen LogP contribution in [-0.2, 0) is 6.42 Å². The third kappa shape index (κ3) is 3.28. The maximum absolute atomic E-state index is 4.88. The van der Waals surface area contributed by atoms with Crippen LogP contribution >= 0.6 is 0 Å². The first kappa shape index (κ1) is 9.78. The van der Waals surface area contributed by atoms with Gasteiger partial charge in [0, 0.05) is 6.72 Å². The summed E-state index contributed by atoms with van der Waals surface area (Å²) in [4.78, 5) is 4.88. The second kappa shape index (κ2) is 4.65. The van der Waals surface area contributed by atoms with Crippen molar-refractivity contribution in [2.45, 2.75) is 20.3 Å². The standard InChI is InChI=1S/C11H15NO/c1-9(2)8-10-4-6-11(7-5-10)13-12-3/h4-7,9H,3,8H2,1-2H3. The summed E-state index contributed by atoms with van der Waals surface area (Å²) >= 11 is 0. The molecule has 2 heteroatoms. The molecule has 0 aliphatic heterocycles. The van der Waals surface area contributed by atoms with E-state index in [0.29, 0.717) is 5.92 Å². The van der Waals surface area contributed by atoms with Gasteiger partial charge in [-0.2, -0.15) is 0 Å². The monoisotopic (exact) mass is 177 g/mol. The molecule has 0 saturated heterocycles. The molecule has 0 spiro atoms. The Morgan fingerprint density at radius 1 is 1.31 bits per heavy atom. The Morgan fingerprint density at radius 2 is 1.92 bits per heavy atom. The van der Waals surface area contributed by atoms with E-state index in [2.05, 4.69) is 37.9 Å². The molecule has 0 heterocycles. The van der Waals surface area contributed by atoms with Crippen molar-refractivity contribution in [2.24, 2.45) is 11.1 Å². The largest absolute Gasteiger partial charge is 0.358 e. The van der Waals surface area contributed by atoms with E-state index in [9.17, 15) is 0 Å². The van der Waals surface area contributed by atoms with Crippen LogP contribution < -0.4 is 4.84 Å². The summed E-state index contributed by atoms with van der Waals surface area (Å²) in [7, 11) is 0. The maximum atomic E-state index is 4.88. The van der Waals surface area contributed by atoms with Crippen LogP contribution in [-0.4, -0.2) is 6.72 Å². The van der Waals surface area contributed by atoms with Crippen LogP contribution in [0.15, 0.2) is 29.4 Å². The Kier molecular flexibility index (Phi) is 3.50. The molecule has 1 aromatic carbocycles. The van der Waals surface area contributed by atoms with Gasteiger partial charge >= 0.3 is 0 Å². The van der Waals surface area contributed by atoms with Gasteiger partial charge in [0.15, 0.2) is 5.75 Å². The van der Waals surface area contributed by atoms with E-state index in [1.165, 1.54) is 5.56 Å². The van der Waals surface area contributed by atoms with Gasteiger partial charge in [0.1, 0.15) is 0 Å². The third-order valence-electron chi connectivity index (χ3n) is 1.74. The molecule has 0 atom stereocenters. The normalized spacial score (nSPS) is 10.1. The van der Waals surface area contributed by atoms with Crippen molar-refractivity contribution in [3.8, 4) is 5.75 Å². The van der Waals surface area contributed by atoms with Crippen LogP contribution in [0.1, 0.15) is 19.4 Å². The van der Waals surface area contributed by atoms with Crippen LogP contribution in [0.2, 0.25) is 0 Å². The fraction of sp³-hybridized carbons (Fsp3) is 0.364. The molecule has 0 N–H and O–H groups in total. The molecule has 0 bridgehead atoms. The van der Waals surface area contributed by atoms with Crippen molar-refractivity contribution in [1.29, 1.82) is 0 Å². The van der Waals surface area contributed by atoms with Crippen LogP contribution in [0.25, 0.3) is 0 Å². The summed E-state index contributed by atoms with van der Waals surface area (Å²) in [5.74, 6) is 1.42. The highest BCUT2D eigenvalue weighted by molar-refractivity contribution is 5.28. The second-order valence-electron chi connectivity index (χ2n) is 3.46. The van der Waals surface area contributed by atoms with Crippen LogP contribution in [0.4, 0.5) is 0 Å². The molecular formula is C11H15NO. The molecule has 0 fully saturated rings. The Labute approximate surface area is 79.2 Å². The summed E-state index contributed by atoms with van der Waals surface area (Å²) in [6, 6.07) is 7.93. The number of benzene rings is 1. The van der Waals surface area contributed by atoms with Gasteiger partial charge in [-0.15, -0.1) is 0 Å². The van der Waals surface area contributed by atoms with Crippen molar-refractivity contribution >= 4 is 6.72 Å². The summed E-state index contributed by atoms with van der Waals surface area (Å²) in [6.07, 6.45) is 1.10. The lowest BCUT2D eigenvalue weighted by molar-refractivity contribution is 0.345. The molecular weight excluding hydrogens is 162 g/mol. The zero-order valence-electron chi connectivity index (χ0n) is 8.16. The fourth-order valence-corrected chi connectivity index (χ4v) is 1.23. The van der Waals surface area contributed by atoms with Crippen LogP contribution in [0, 0.1) is 5.92 Å². The number of rotatable bonds is 4. The van der Waals surface area contributed by atoms with E-state index in [0.717, 1.165) is 12.2 Å². The van der Waals surface area contributed by atoms with Crippen molar-refractivity contribution in [1.82, 2.24) is 0 Å². The molecule has 0 unspecified atom stereocenters. The van der Waals surface area contributed by atoms with Gasteiger partial charge in [-0.3, -0.25) is 0 Å². The van der Waals surface area contributed by atoms with Gasteiger partial charge in [0.25, 0.3) is 0 Å². The van der Waals surface area contributed by atoms with Crippen LogP contribution in [0.3, 0.4) is 0 Å². The predicted octanol–water partition coefficient (Wildman–Crippen LogP) is 2.88. The molecule has 0 aromatic heterocycles. The van der Waals surface area contributed by atoms with E-state index in [1.807, 2.05) is 12.1 Å². The first-order valence-electron chi connectivity index (χ1n) is 4.44. The lowest BCUT2D eigenvalue weighted by Gasteiger charge is -2.04. The first-order valence-corrected chi connectivity index (χ1v) is 4.44. The van der Waals surface area contributed by atoms with Crippen molar-refractivity contribution < 1.29 is 4.84 Å². The number of nitrogens with zero attached hydrogens (tertiary/aromatic N) is 1. The quantitative estimate of drug-likeness (QED) is 0.512. The van der Waals surface area contributed by atoms with E-state index in [4.69, 9.17) is 4.84 Å². The summed E-state index contributed by atoms with van der Waals surface area (Å²) in [6.45, 7) is 7.66. The zero-order chi connectivity index (χ0) is 9.68. The minimum atomic E-state index is 0.685. The maximum Gasteiger partial charge on any atom is 0.157 e. The molecule has 0 aliphatic carbocycles. The second-order valence-corrected chi connectivity index (χ2v) is 3.46. The minimum absolute atomic E-state index is 0.685. The topological polar surface area (TPSA) is 21.6 Å². The molecule has 0 aliphatic rings. The smallest absolute Gasteiger partial charge is 0.157 e. The fourth-order valence-electron chi connectivity index (χ4n) is 1.23. The van der Waals surface area contributed by atoms with Crippen molar-refractivity contribution in [3.05, 3.63) is 29.8 Å². The average Bonchev–Trinajstić information content (AvgIpc) is 2.08. The lowest BCUT2D eigenvalue weighted by Crippen LogP contribution is -1.93. The first-order chi connectivity index (χ1) is 6.22. The van der Waals surface area contributed by atoms with Gasteiger partial charge in [0.05, 0.1) is 0 Å². The van der Waals surface area contributed by atoms with Crippen LogP contribution in [0.5, 0.6) is 5.75 Å². The molecule has 0 saturated carbocycles. The summed E-state index contributed by atoms with van der Waals surface area (Å²) in [5.41, 5.74) is 1.33. The molecule has 1 rings (SSSR count). The molecule has 70 valence electrons. The average molecular weight is 177 g/mol. The molecule has 0 amide bonds. The van der Waals surface area contributed by atoms with Gasteiger partial charge < -0.3 is 4.84 Å². The Balaban J connectivity index is 2.63. The van der Waals surface area contributed by atoms with Gasteiger partial charge in [0.2, 0.25) is 0 Å². The molecule has 0 radical (unpaired) electrons. The summed E-state index contributed by atoms with van der Waals surface area (Å²) in [5, 5.41) is 3.35. The van der Waals surface area contributed by atoms with Gasteiger partial charge in [-0.25, -0.2) is 0 Å². The Morgan fingerprint density at radius 3 is 2.38 bits per heavy atom. The lowest BCUT2D eigenvalue weighted by atomic mass is 10.0. The zero-order valence-corrected chi connectivity index (χ0v) is 8.16. The number of hydrogen-bond donors (Lipinski definition) is 0. The van der Waals surface area contributed by atoms with Crippen molar-refractivity contribution in [3.63, 3.8) is 0 Å². The van der Waals surface area contributed by atoms with E-state index in [1.54, 1.807) is 0 Å². The number of hydrogen-bond acceptors (Lipinski definition) is 2. The van der Waals surface area contributed by atoms with E-state index in [-0.39, 0.29) is 0 Å². The highest BCUT2D eigenvalue weighted by atomic mass is 16.6. The Bertz CT molecular complexity index is 264. The predicted molar refractivity (Wildman–Crippen MR) is 55.2 cm³/mol. The Hall–Kier alpha value is -1.31.